The zero-order valence-corrected chi connectivity index (χ0v) is 15.3. The number of nitrogens with one attached hydrogen (secondary N) is 1. The quantitative estimate of drug-likeness (QED) is 0.771. The van der Waals surface area contributed by atoms with E-state index in [0.29, 0.717) is 34.0 Å². The van der Waals surface area contributed by atoms with Crippen molar-refractivity contribution in [2.45, 2.75) is 40.7 Å². The van der Waals surface area contributed by atoms with E-state index in [1.807, 2.05) is 51.1 Å². The molecule has 1 amide bonds. The second-order valence-electron chi connectivity index (χ2n) is 6.88. The molecule has 0 aliphatic heterocycles. The highest BCUT2D eigenvalue weighted by molar-refractivity contribution is 6.07. The first-order chi connectivity index (χ1) is 11.9. The van der Waals surface area contributed by atoms with Crippen LogP contribution in [0.1, 0.15) is 42.4 Å². The van der Waals surface area contributed by atoms with Crippen molar-refractivity contribution in [3.05, 3.63) is 47.2 Å². The average molecular weight is 337 g/mol. The minimum atomic E-state index is -0.131. The second kappa shape index (κ2) is 6.67. The van der Waals surface area contributed by atoms with Crippen molar-refractivity contribution in [1.29, 1.82) is 0 Å². The van der Waals surface area contributed by atoms with Gasteiger partial charge in [0.25, 0.3) is 11.6 Å². The second-order valence-corrected chi connectivity index (χ2v) is 6.88. The number of carbonyl (C=O) groups is 1. The number of carbonyl (C=O) groups excluding carboxylic acids is 1. The molecule has 1 unspecified atom stereocenters. The molecule has 0 saturated heterocycles. The fourth-order valence-corrected chi connectivity index (χ4v) is 2.60. The molecule has 2 aromatic heterocycles. The molecule has 0 fully saturated rings. The Balaban J connectivity index is 2.10. The first kappa shape index (κ1) is 17.1. The van der Waals surface area contributed by atoms with Gasteiger partial charge in [-0.05, 0) is 32.8 Å². The van der Waals surface area contributed by atoms with Crippen LogP contribution in [-0.2, 0) is 0 Å². The predicted octanol–water partition coefficient (Wildman–Crippen LogP) is 4.28. The maximum absolute atomic E-state index is 12.9. The Morgan fingerprint density at radius 2 is 1.80 bits per heavy atom. The molecule has 1 N–H and O–H groups in total. The van der Waals surface area contributed by atoms with Crippen LogP contribution in [0, 0.1) is 19.8 Å². The lowest BCUT2D eigenvalue weighted by Crippen LogP contribution is -2.36. The third-order valence-corrected chi connectivity index (χ3v) is 4.57. The summed E-state index contributed by atoms with van der Waals surface area (Å²) in [6, 6.07) is 9.91. The Morgan fingerprint density at radius 3 is 2.44 bits per heavy atom. The number of aryl methyl sites for hydroxylation is 2. The fraction of sp³-hybridized carbons (Fsp3) is 0.350. The van der Waals surface area contributed by atoms with Gasteiger partial charge < -0.3 is 9.84 Å². The van der Waals surface area contributed by atoms with Crippen molar-refractivity contribution < 1.29 is 9.32 Å². The molecule has 5 heteroatoms. The molecule has 2 heterocycles. The SMILES string of the molecule is Cc1ccc(-c2cc(C(=O)NC(C)C(C)C)c3c(C)noc3n2)cc1. The molecule has 0 aliphatic carbocycles. The summed E-state index contributed by atoms with van der Waals surface area (Å²) < 4.78 is 5.34. The van der Waals surface area contributed by atoms with Gasteiger partial charge in [-0.25, -0.2) is 4.98 Å². The smallest absolute Gasteiger partial charge is 0.259 e. The number of hydrogen-bond acceptors (Lipinski definition) is 4. The third kappa shape index (κ3) is 3.40. The number of nitrogens with zero attached hydrogens (tertiary/aromatic N) is 2. The first-order valence-corrected chi connectivity index (χ1v) is 8.51. The summed E-state index contributed by atoms with van der Waals surface area (Å²) in [4.78, 5) is 17.4. The van der Waals surface area contributed by atoms with Crippen LogP contribution in [0.2, 0.25) is 0 Å². The lowest BCUT2D eigenvalue weighted by molar-refractivity contribution is 0.0932. The first-order valence-electron chi connectivity index (χ1n) is 8.51. The molecule has 0 spiro atoms. The summed E-state index contributed by atoms with van der Waals surface area (Å²) in [6.07, 6.45) is 0. The highest BCUT2D eigenvalue weighted by Gasteiger charge is 2.21. The zero-order chi connectivity index (χ0) is 18.1. The van der Waals surface area contributed by atoms with E-state index in [1.165, 1.54) is 5.56 Å². The number of fused-ring (bicyclic) bond motifs is 1. The van der Waals surface area contributed by atoms with Gasteiger partial charge in [0.2, 0.25) is 0 Å². The summed E-state index contributed by atoms with van der Waals surface area (Å²) in [7, 11) is 0. The summed E-state index contributed by atoms with van der Waals surface area (Å²) >= 11 is 0. The normalized spacial score (nSPS) is 12.6. The zero-order valence-electron chi connectivity index (χ0n) is 15.3. The van der Waals surface area contributed by atoms with E-state index in [9.17, 15) is 4.79 Å². The lowest BCUT2D eigenvalue weighted by atomic mass is 10.0. The molecule has 0 bridgehead atoms. The van der Waals surface area contributed by atoms with E-state index in [4.69, 9.17) is 4.52 Å². The van der Waals surface area contributed by atoms with Crippen LogP contribution >= 0.6 is 0 Å². The van der Waals surface area contributed by atoms with Crippen LogP contribution in [0.15, 0.2) is 34.9 Å². The van der Waals surface area contributed by atoms with E-state index in [0.717, 1.165) is 5.56 Å². The molecule has 5 nitrogen and oxygen atoms in total. The highest BCUT2D eigenvalue weighted by Crippen LogP contribution is 2.27. The van der Waals surface area contributed by atoms with E-state index in [2.05, 4.69) is 29.3 Å². The van der Waals surface area contributed by atoms with Gasteiger partial charge >= 0.3 is 0 Å². The molecule has 1 atom stereocenters. The standard InChI is InChI=1S/C20H23N3O2/c1-11(2)13(4)21-19(24)16-10-17(15-8-6-12(3)7-9-15)22-20-18(16)14(5)23-25-20/h6-11,13H,1-5H3,(H,21,24). The van der Waals surface area contributed by atoms with Crippen molar-refractivity contribution in [3.8, 4) is 11.3 Å². The minimum absolute atomic E-state index is 0.0682. The number of hydrogen-bond donors (Lipinski definition) is 1. The van der Waals surface area contributed by atoms with Crippen molar-refractivity contribution in [2.75, 3.05) is 0 Å². The number of benzene rings is 1. The molecule has 25 heavy (non-hydrogen) atoms. The summed E-state index contributed by atoms with van der Waals surface area (Å²) in [5.74, 6) is 0.217. The molecular weight excluding hydrogens is 314 g/mol. The van der Waals surface area contributed by atoms with Crippen LogP contribution < -0.4 is 5.32 Å². The van der Waals surface area contributed by atoms with E-state index >= 15 is 0 Å². The molecule has 0 radical (unpaired) electrons. The van der Waals surface area contributed by atoms with Gasteiger partial charge in [0.1, 0.15) is 0 Å². The fourth-order valence-electron chi connectivity index (χ4n) is 2.60. The Hall–Kier alpha value is -2.69. The number of amides is 1. The van der Waals surface area contributed by atoms with Gasteiger partial charge in [-0.2, -0.15) is 0 Å². The monoisotopic (exact) mass is 337 g/mol. The van der Waals surface area contributed by atoms with Gasteiger partial charge in [0.15, 0.2) is 0 Å². The maximum atomic E-state index is 12.9. The van der Waals surface area contributed by atoms with Crippen LogP contribution in [0.4, 0.5) is 0 Å². The Labute approximate surface area is 147 Å². The number of aromatic nitrogens is 2. The van der Waals surface area contributed by atoms with Crippen molar-refractivity contribution in [2.24, 2.45) is 5.92 Å². The topological polar surface area (TPSA) is 68.0 Å². The van der Waals surface area contributed by atoms with Gasteiger partial charge in [-0.3, -0.25) is 4.79 Å². The highest BCUT2D eigenvalue weighted by atomic mass is 16.5. The van der Waals surface area contributed by atoms with Crippen LogP contribution in [0.3, 0.4) is 0 Å². The predicted molar refractivity (Wildman–Crippen MR) is 98.5 cm³/mol. The summed E-state index contributed by atoms with van der Waals surface area (Å²) in [6.45, 7) is 10.0. The lowest BCUT2D eigenvalue weighted by Gasteiger charge is -2.18. The Morgan fingerprint density at radius 1 is 1.12 bits per heavy atom. The number of rotatable bonds is 4. The summed E-state index contributed by atoms with van der Waals surface area (Å²) in [5, 5.41) is 7.71. The molecule has 130 valence electrons. The van der Waals surface area contributed by atoms with E-state index < -0.39 is 0 Å². The van der Waals surface area contributed by atoms with Gasteiger partial charge in [0.05, 0.1) is 22.3 Å². The van der Waals surface area contributed by atoms with E-state index in [1.54, 1.807) is 0 Å². The Kier molecular flexibility index (Phi) is 4.57. The molecule has 3 rings (SSSR count). The van der Waals surface area contributed by atoms with Crippen LogP contribution in [0.5, 0.6) is 0 Å². The Bertz CT molecular complexity index is 911. The van der Waals surface area contributed by atoms with Gasteiger partial charge in [-0.15, -0.1) is 0 Å². The largest absolute Gasteiger partial charge is 0.349 e. The molecular formula is C20H23N3O2. The van der Waals surface area contributed by atoms with Gasteiger partial charge in [-0.1, -0.05) is 48.8 Å². The summed E-state index contributed by atoms with van der Waals surface area (Å²) in [5.41, 5.74) is 4.41. The van der Waals surface area contributed by atoms with Gasteiger partial charge in [0, 0.05) is 11.6 Å². The number of pyridine rings is 1. The van der Waals surface area contributed by atoms with Crippen LogP contribution in [0.25, 0.3) is 22.4 Å². The minimum Gasteiger partial charge on any atom is -0.349 e. The van der Waals surface area contributed by atoms with Crippen LogP contribution in [-0.4, -0.2) is 22.1 Å². The van der Waals surface area contributed by atoms with Crippen molar-refractivity contribution in [3.63, 3.8) is 0 Å². The molecule has 0 aliphatic rings. The molecule has 1 aromatic carbocycles. The molecule has 0 saturated carbocycles. The van der Waals surface area contributed by atoms with Crippen molar-refractivity contribution in [1.82, 2.24) is 15.5 Å². The van der Waals surface area contributed by atoms with Crippen molar-refractivity contribution >= 4 is 17.0 Å². The van der Waals surface area contributed by atoms with E-state index in [-0.39, 0.29) is 11.9 Å². The molecule has 3 aromatic rings. The third-order valence-electron chi connectivity index (χ3n) is 4.57. The maximum Gasteiger partial charge on any atom is 0.259 e. The average Bonchev–Trinajstić information content (AvgIpc) is 2.95.